The van der Waals surface area contributed by atoms with Crippen LogP contribution in [0.15, 0.2) is 42.7 Å². The number of hydrogen-bond acceptors (Lipinski definition) is 3. The first-order valence-corrected chi connectivity index (χ1v) is 7.92. The van der Waals surface area contributed by atoms with Crippen LogP contribution in [-0.2, 0) is 0 Å². The number of carbonyl (C=O) groups excluding carboxylic acids is 1. The van der Waals surface area contributed by atoms with Gasteiger partial charge in [0.05, 0.1) is 6.04 Å². The fourth-order valence-corrected chi connectivity index (χ4v) is 2.64. The van der Waals surface area contributed by atoms with Gasteiger partial charge in [0.15, 0.2) is 0 Å². The summed E-state index contributed by atoms with van der Waals surface area (Å²) in [5.74, 6) is 0.0385. The summed E-state index contributed by atoms with van der Waals surface area (Å²) < 4.78 is 29.3. The van der Waals surface area contributed by atoms with Crippen molar-refractivity contribution in [1.82, 2.24) is 9.88 Å². The first-order valence-electron chi connectivity index (χ1n) is 7.92. The van der Waals surface area contributed by atoms with Gasteiger partial charge >= 0.3 is 12.6 Å². The monoisotopic (exact) mass is 349 g/mol. The van der Waals surface area contributed by atoms with Crippen LogP contribution in [-0.4, -0.2) is 29.6 Å². The summed E-state index contributed by atoms with van der Waals surface area (Å²) >= 11 is 0. The number of nitrogens with one attached hydrogen (secondary N) is 1. The molecule has 0 bridgehead atoms. The third-order valence-corrected chi connectivity index (χ3v) is 4.01. The normalized spacial score (nSPS) is 11.9. The van der Waals surface area contributed by atoms with Crippen LogP contribution in [0.3, 0.4) is 0 Å². The highest BCUT2D eigenvalue weighted by Gasteiger charge is 2.21. The molecule has 2 aromatic rings. The van der Waals surface area contributed by atoms with Gasteiger partial charge in [0, 0.05) is 30.7 Å². The van der Waals surface area contributed by atoms with Gasteiger partial charge in [-0.1, -0.05) is 13.0 Å². The van der Waals surface area contributed by atoms with E-state index < -0.39 is 6.61 Å². The third kappa shape index (κ3) is 4.65. The van der Waals surface area contributed by atoms with Crippen LogP contribution in [0.25, 0.3) is 0 Å². The van der Waals surface area contributed by atoms with Crippen LogP contribution in [0.2, 0.25) is 0 Å². The Morgan fingerprint density at radius 1 is 1.28 bits per heavy atom. The van der Waals surface area contributed by atoms with Crippen molar-refractivity contribution in [1.29, 1.82) is 0 Å². The van der Waals surface area contributed by atoms with Gasteiger partial charge in [-0.15, -0.1) is 0 Å². The molecule has 1 aromatic heterocycles. The average molecular weight is 349 g/mol. The Labute approximate surface area is 145 Å². The number of halogens is 2. The van der Waals surface area contributed by atoms with Crippen molar-refractivity contribution < 1.29 is 18.3 Å². The molecule has 0 saturated carbocycles. The number of rotatable bonds is 6. The Kier molecular flexibility index (Phi) is 6.27. The lowest BCUT2D eigenvalue weighted by molar-refractivity contribution is -0.0502. The average Bonchev–Trinajstić information content (AvgIpc) is 2.59. The number of anilines is 1. The summed E-state index contributed by atoms with van der Waals surface area (Å²) in [6.45, 7) is 0.688. The second kappa shape index (κ2) is 8.41. The van der Waals surface area contributed by atoms with Crippen molar-refractivity contribution in [3.05, 3.63) is 53.9 Å². The van der Waals surface area contributed by atoms with E-state index in [9.17, 15) is 13.6 Å². The first kappa shape index (κ1) is 18.6. The summed E-state index contributed by atoms with van der Waals surface area (Å²) in [5.41, 5.74) is 1.85. The van der Waals surface area contributed by atoms with Crippen molar-refractivity contribution in [2.24, 2.45) is 0 Å². The van der Waals surface area contributed by atoms with E-state index in [4.69, 9.17) is 0 Å². The number of alkyl halides is 2. The molecule has 134 valence electrons. The van der Waals surface area contributed by atoms with Gasteiger partial charge in [-0.25, -0.2) is 4.79 Å². The highest BCUT2D eigenvalue weighted by Crippen LogP contribution is 2.28. The molecule has 1 atom stereocenters. The highest BCUT2D eigenvalue weighted by atomic mass is 19.3. The number of amides is 2. The maximum absolute atomic E-state index is 12.6. The van der Waals surface area contributed by atoms with Crippen molar-refractivity contribution in [2.75, 3.05) is 12.4 Å². The topological polar surface area (TPSA) is 54.5 Å². The maximum atomic E-state index is 12.6. The van der Waals surface area contributed by atoms with Gasteiger partial charge in [0.25, 0.3) is 0 Å². The summed E-state index contributed by atoms with van der Waals surface area (Å²) in [6.07, 6.45) is 4.08. The van der Waals surface area contributed by atoms with Crippen LogP contribution in [0.1, 0.15) is 30.5 Å². The lowest BCUT2D eigenvalue weighted by Gasteiger charge is -2.28. The first-order chi connectivity index (χ1) is 11.9. The van der Waals surface area contributed by atoms with Crippen molar-refractivity contribution >= 4 is 11.7 Å². The van der Waals surface area contributed by atoms with Gasteiger partial charge < -0.3 is 15.0 Å². The highest BCUT2D eigenvalue weighted by molar-refractivity contribution is 5.90. The lowest BCUT2D eigenvalue weighted by atomic mass is 10.1. The van der Waals surface area contributed by atoms with E-state index in [1.165, 1.54) is 6.07 Å². The summed E-state index contributed by atoms with van der Waals surface area (Å²) in [5, 5.41) is 2.75. The molecular weight excluding hydrogens is 328 g/mol. The Morgan fingerprint density at radius 2 is 1.96 bits per heavy atom. The van der Waals surface area contributed by atoms with E-state index in [2.05, 4.69) is 15.0 Å². The molecule has 0 aliphatic heterocycles. The zero-order valence-electron chi connectivity index (χ0n) is 14.4. The summed E-state index contributed by atoms with van der Waals surface area (Å²) in [7, 11) is 1.69. The molecule has 2 amide bonds. The number of pyridine rings is 1. The zero-order chi connectivity index (χ0) is 18.4. The standard InChI is InChI=1S/C18H21F2N3O2/c1-4-15(13-8-10-21-11-9-13)23(3)18(24)22-14-6-5-7-16(12(14)2)25-17(19)20/h5-11,15,17H,4H2,1-3H3,(H,22,24)/t15-/m1/s1. The second-order valence-electron chi connectivity index (χ2n) is 5.55. The molecule has 0 fully saturated rings. The van der Waals surface area contributed by atoms with E-state index >= 15 is 0 Å². The Hall–Kier alpha value is -2.70. The van der Waals surface area contributed by atoms with Gasteiger partial charge in [0.2, 0.25) is 0 Å². The fourth-order valence-electron chi connectivity index (χ4n) is 2.64. The molecule has 1 N–H and O–H groups in total. The minimum absolute atomic E-state index is 0.0385. The molecule has 0 aliphatic rings. The smallest absolute Gasteiger partial charge is 0.387 e. The minimum Gasteiger partial charge on any atom is -0.434 e. The zero-order valence-corrected chi connectivity index (χ0v) is 14.4. The molecule has 0 aliphatic carbocycles. The number of nitrogens with zero attached hydrogens (tertiary/aromatic N) is 2. The quantitative estimate of drug-likeness (QED) is 0.829. The van der Waals surface area contributed by atoms with Gasteiger partial charge in [-0.3, -0.25) is 4.98 Å². The predicted octanol–water partition coefficient (Wildman–Crippen LogP) is 4.61. The van der Waals surface area contributed by atoms with E-state index in [0.29, 0.717) is 11.3 Å². The number of urea groups is 1. The second-order valence-corrected chi connectivity index (χ2v) is 5.55. The maximum Gasteiger partial charge on any atom is 0.387 e. The largest absolute Gasteiger partial charge is 0.434 e. The summed E-state index contributed by atoms with van der Waals surface area (Å²) in [6, 6.07) is 7.91. The van der Waals surface area contributed by atoms with Crippen molar-refractivity contribution in [3.8, 4) is 5.75 Å². The van der Waals surface area contributed by atoms with Gasteiger partial charge in [0.1, 0.15) is 5.75 Å². The van der Waals surface area contributed by atoms with Crippen LogP contribution in [0.5, 0.6) is 5.75 Å². The SMILES string of the molecule is CC[C@H](c1ccncc1)N(C)C(=O)Nc1cccc(OC(F)F)c1C. The number of carbonyl (C=O) groups is 1. The molecular formula is C18H21F2N3O2. The van der Waals surface area contributed by atoms with Crippen LogP contribution in [0, 0.1) is 6.92 Å². The molecule has 1 aromatic carbocycles. The number of hydrogen-bond donors (Lipinski definition) is 1. The molecule has 5 nitrogen and oxygen atoms in total. The molecule has 0 radical (unpaired) electrons. The molecule has 0 unspecified atom stereocenters. The van der Waals surface area contributed by atoms with Gasteiger partial charge in [-0.2, -0.15) is 8.78 Å². The molecule has 1 heterocycles. The number of benzene rings is 1. The van der Waals surface area contributed by atoms with Crippen LogP contribution < -0.4 is 10.1 Å². The van der Waals surface area contributed by atoms with E-state index in [-0.39, 0.29) is 17.8 Å². The van der Waals surface area contributed by atoms with Crippen LogP contribution >= 0.6 is 0 Å². The van der Waals surface area contributed by atoms with E-state index in [1.54, 1.807) is 43.4 Å². The predicted molar refractivity (Wildman–Crippen MR) is 91.9 cm³/mol. The molecule has 0 saturated heterocycles. The Bertz CT molecular complexity index is 711. The fraction of sp³-hybridized carbons (Fsp3) is 0.333. The lowest BCUT2D eigenvalue weighted by Crippen LogP contribution is -2.34. The number of aromatic nitrogens is 1. The van der Waals surface area contributed by atoms with E-state index in [0.717, 1.165) is 12.0 Å². The van der Waals surface area contributed by atoms with Crippen molar-refractivity contribution in [3.63, 3.8) is 0 Å². The molecule has 7 heteroatoms. The third-order valence-electron chi connectivity index (χ3n) is 4.01. The minimum atomic E-state index is -2.91. The van der Waals surface area contributed by atoms with Gasteiger partial charge in [-0.05, 0) is 43.2 Å². The van der Waals surface area contributed by atoms with E-state index in [1.807, 2.05) is 19.1 Å². The Morgan fingerprint density at radius 3 is 2.56 bits per heavy atom. The van der Waals surface area contributed by atoms with Crippen LogP contribution in [0.4, 0.5) is 19.3 Å². The Balaban J connectivity index is 2.16. The summed E-state index contributed by atoms with van der Waals surface area (Å²) in [4.78, 5) is 18.1. The molecule has 25 heavy (non-hydrogen) atoms. The number of ether oxygens (including phenoxy) is 1. The molecule has 2 rings (SSSR count). The van der Waals surface area contributed by atoms with Crippen molar-refractivity contribution in [2.45, 2.75) is 32.9 Å². The molecule has 0 spiro atoms.